The topological polar surface area (TPSA) is 32.8 Å². The van der Waals surface area contributed by atoms with E-state index in [9.17, 15) is 4.79 Å². The highest BCUT2D eigenvalue weighted by molar-refractivity contribution is 5.80. The molecule has 2 atom stereocenters. The third-order valence-electron chi connectivity index (χ3n) is 5.62. The first-order valence-electron chi connectivity index (χ1n) is 9.44. The van der Waals surface area contributed by atoms with Gasteiger partial charge in [-0.25, -0.2) is 0 Å². The van der Waals surface area contributed by atoms with Gasteiger partial charge in [-0.05, 0) is 36.1 Å². The predicted octanol–water partition coefficient (Wildman–Crippen LogP) is 3.32. The number of amides is 1. The van der Waals surface area contributed by atoms with Crippen molar-refractivity contribution in [1.29, 1.82) is 0 Å². The van der Waals surface area contributed by atoms with Crippen molar-refractivity contribution < 1.29 is 9.53 Å². The standard InChI is InChI=1S/C22H26N2O2/c1-23-20-10-9-19(22(23)25)14-24(15-20)13-17-7-11-21(12-8-17)26-16-18-5-3-2-4-6-18/h2-8,11-12,19-20H,9-10,13-16H2,1H3/t19-,20+/m1/s1. The van der Waals surface area contributed by atoms with Gasteiger partial charge in [-0.2, -0.15) is 0 Å². The molecule has 0 N–H and O–H groups in total. The van der Waals surface area contributed by atoms with Gasteiger partial charge < -0.3 is 9.64 Å². The molecule has 136 valence electrons. The number of benzene rings is 2. The van der Waals surface area contributed by atoms with Crippen LogP contribution in [0.2, 0.25) is 0 Å². The molecule has 3 saturated heterocycles. The maximum absolute atomic E-state index is 12.3. The van der Waals surface area contributed by atoms with Crippen LogP contribution in [0.4, 0.5) is 0 Å². The molecule has 2 aromatic carbocycles. The monoisotopic (exact) mass is 350 g/mol. The lowest BCUT2D eigenvalue weighted by Crippen LogP contribution is -2.45. The Hall–Kier alpha value is -2.33. The Labute approximate surface area is 155 Å². The molecule has 3 heterocycles. The van der Waals surface area contributed by atoms with Crippen molar-refractivity contribution in [3.63, 3.8) is 0 Å². The number of nitrogens with zero attached hydrogens (tertiary/aromatic N) is 2. The summed E-state index contributed by atoms with van der Waals surface area (Å²) in [5.41, 5.74) is 2.44. The van der Waals surface area contributed by atoms with Crippen LogP contribution >= 0.6 is 0 Å². The number of carbonyl (C=O) groups excluding carboxylic acids is 1. The van der Waals surface area contributed by atoms with Crippen LogP contribution in [0.3, 0.4) is 0 Å². The highest BCUT2D eigenvalue weighted by Crippen LogP contribution is 2.29. The van der Waals surface area contributed by atoms with E-state index in [1.807, 2.05) is 42.3 Å². The first-order chi connectivity index (χ1) is 12.7. The summed E-state index contributed by atoms with van der Waals surface area (Å²) in [4.78, 5) is 16.7. The minimum Gasteiger partial charge on any atom is -0.489 e. The van der Waals surface area contributed by atoms with Gasteiger partial charge in [0.1, 0.15) is 12.4 Å². The predicted molar refractivity (Wildman–Crippen MR) is 102 cm³/mol. The number of fused-ring (bicyclic) bond motifs is 4. The van der Waals surface area contributed by atoms with Gasteiger partial charge in [0.25, 0.3) is 0 Å². The van der Waals surface area contributed by atoms with Crippen LogP contribution in [0.25, 0.3) is 0 Å². The van der Waals surface area contributed by atoms with Crippen molar-refractivity contribution >= 4 is 5.91 Å². The van der Waals surface area contributed by atoms with Gasteiger partial charge in [-0.3, -0.25) is 9.69 Å². The Morgan fingerprint density at radius 2 is 1.73 bits per heavy atom. The molecule has 0 spiro atoms. The summed E-state index contributed by atoms with van der Waals surface area (Å²) in [6.45, 7) is 3.34. The lowest BCUT2D eigenvalue weighted by atomic mass is 9.95. The molecule has 5 rings (SSSR count). The van der Waals surface area contributed by atoms with Gasteiger partial charge in [0.2, 0.25) is 5.91 Å². The average Bonchev–Trinajstić information content (AvgIpc) is 2.94. The first kappa shape index (κ1) is 17.1. The molecule has 2 aromatic rings. The van der Waals surface area contributed by atoms with Crippen LogP contribution in [0, 0.1) is 5.92 Å². The minimum absolute atomic E-state index is 0.173. The molecular formula is C22H26N2O2. The number of likely N-dealkylation sites (N-methyl/N-ethyl adjacent to an activating group) is 1. The fraction of sp³-hybridized carbons (Fsp3) is 0.409. The Morgan fingerprint density at radius 3 is 2.50 bits per heavy atom. The molecule has 0 aliphatic carbocycles. The third kappa shape index (κ3) is 3.75. The van der Waals surface area contributed by atoms with Crippen LogP contribution in [0.5, 0.6) is 5.75 Å². The fourth-order valence-electron chi connectivity index (χ4n) is 4.07. The van der Waals surface area contributed by atoms with Crippen molar-refractivity contribution in [3.8, 4) is 5.75 Å². The van der Waals surface area contributed by atoms with Gasteiger partial charge in [0, 0.05) is 32.7 Å². The average molecular weight is 350 g/mol. The van der Waals surface area contributed by atoms with E-state index in [0.717, 1.165) is 38.2 Å². The quantitative estimate of drug-likeness (QED) is 0.829. The molecule has 4 heteroatoms. The van der Waals surface area contributed by atoms with Crippen molar-refractivity contribution in [2.75, 3.05) is 20.1 Å². The van der Waals surface area contributed by atoms with E-state index in [1.54, 1.807) is 0 Å². The maximum Gasteiger partial charge on any atom is 0.227 e. The van der Waals surface area contributed by atoms with E-state index in [1.165, 1.54) is 11.1 Å². The molecule has 1 amide bonds. The highest BCUT2D eigenvalue weighted by atomic mass is 16.5. The lowest BCUT2D eigenvalue weighted by molar-refractivity contribution is -0.138. The summed E-state index contributed by atoms with van der Waals surface area (Å²) in [7, 11) is 1.96. The van der Waals surface area contributed by atoms with Gasteiger partial charge >= 0.3 is 0 Å². The van der Waals surface area contributed by atoms with E-state index < -0.39 is 0 Å². The van der Waals surface area contributed by atoms with Crippen molar-refractivity contribution in [1.82, 2.24) is 9.80 Å². The zero-order valence-electron chi connectivity index (χ0n) is 15.3. The molecule has 3 aliphatic rings. The second-order valence-electron chi connectivity index (χ2n) is 7.49. The molecule has 2 bridgehead atoms. The second-order valence-corrected chi connectivity index (χ2v) is 7.49. The summed E-state index contributed by atoms with van der Waals surface area (Å²) >= 11 is 0. The van der Waals surface area contributed by atoms with E-state index in [4.69, 9.17) is 4.74 Å². The molecular weight excluding hydrogens is 324 g/mol. The van der Waals surface area contributed by atoms with Crippen LogP contribution < -0.4 is 4.74 Å². The fourth-order valence-corrected chi connectivity index (χ4v) is 4.07. The second kappa shape index (κ2) is 7.50. The number of hydrogen-bond acceptors (Lipinski definition) is 3. The highest BCUT2D eigenvalue weighted by Gasteiger charge is 2.38. The zero-order valence-corrected chi connectivity index (χ0v) is 15.3. The van der Waals surface area contributed by atoms with E-state index in [0.29, 0.717) is 18.6 Å². The summed E-state index contributed by atoms with van der Waals surface area (Å²) in [5, 5.41) is 0. The number of piperidine rings is 1. The summed E-state index contributed by atoms with van der Waals surface area (Å²) in [5.74, 6) is 1.39. The molecule has 0 radical (unpaired) electrons. The SMILES string of the molecule is CN1C(=O)[C@@H]2CC[C@H]1CN(Cc1ccc(OCc3ccccc3)cc1)C2. The smallest absolute Gasteiger partial charge is 0.227 e. The molecule has 0 aromatic heterocycles. The van der Waals surface area contributed by atoms with Crippen molar-refractivity contribution in [2.45, 2.75) is 32.0 Å². The molecule has 0 unspecified atom stereocenters. The van der Waals surface area contributed by atoms with E-state index >= 15 is 0 Å². The van der Waals surface area contributed by atoms with Crippen LogP contribution in [-0.2, 0) is 17.9 Å². The molecule has 26 heavy (non-hydrogen) atoms. The van der Waals surface area contributed by atoms with Gasteiger partial charge in [-0.1, -0.05) is 42.5 Å². The van der Waals surface area contributed by atoms with Crippen molar-refractivity contribution in [2.24, 2.45) is 5.92 Å². The van der Waals surface area contributed by atoms with Crippen molar-refractivity contribution in [3.05, 3.63) is 65.7 Å². The van der Waals surface area contributed by atoms with Crippen LogP contribution in [-0.4, -0.2) is 41.9 Å². The van der Waals surface area contributed by atoms with Gasteiger partial charge in [0.05, 0.1) is 5.92 Å². The summed E-state index contributed by atoms with van der Waals surface area (Å²) in [6.07, 6.45) is 2.17. The van der Waals surface area contributed by atoms with E-state index in [2.05, 4.69) is 29.2 Å². The minimum atomic E-state index is 0.173. The summed E-state index contributed by atoms with van der Waals surface area (Å²) < 4.78 is 5.86. The molecule has 3 fully saturated rings. The first-order valence-corrected chi connectivity index (χ1v) is 9.44. The Balaban J connectivity index is 1.35. The van der Waals surface area contributed by atoms with Gasteiger partial charge in [0.15, 0.2) is 0 Å². The number of rotatable bonds is 5. The largest absolute Gasteiger partial charge is 0.489 e. The third-order valence-corrected chi connectivity index (χ3v) is 5.62. The van der Waals surface area contributed by atoms with Crippen LogP contribution in [0.1, 0.15) is 24.0 Å². The number of ether oxygens (including phenoxy) is 1. The maximum atomic E-state index is 12.3. The lowest BCUT2D eigenvalue weighted by Gasteiger charge is -2.32. The Kier molecular flexibility index (Phi) is 4.93. The summed E-state index contributed by atoms with van der Waals surface area (Å²) in [6, 6.07) is 18.9. The molecule has 3 aliphatic heterocycles. The number of carbonyl (C=O) groups is 1. The molecule has 4 nitrogen and oxygen atoms in total. The number of hydrogen-bond donors (Lipinski definition) is 0. The molecule has 0 saturated carbocycles. The normalized spacial score (nSPS) is 23.1. The van der Waals surface area contributed by atoms with Gasteiger partial charge in [-0.15, -0.1) is 0 Å². The Morgan fingerprint density at radius 1 is 0.962 bits per heavy atom. The zero-order chi connectivity index (χ0) is 17.9. The van der Waals surface area contributed by atoms with Crippen LogP contribution in [0.15, 0.2) is 54.6 Å². The Bertz CT molecular complexity index is 744. The van der Waals surface area contributed by atoms with E-state index in [-0.39, 0.29) is 5.92 Å².